The lowest BCUT2D eigenvalue weighted by molar-refractivity contribution is -0.384. The number of nitrogens with zero attached hydrogens (tertiary/aromatic N) is 1. The molecule has 0 aliphatic heterocycles. The van der Waals surface area contributed by atoms with Gasteiger partial charge in [-0.05, 0) is 30.3 Å². The minimum atomic E-state index is -1.28. The van der Waals surface area contributed by atoms with E-state index in [4.69, 9.17) is 9.47 Å². The standard InChI is InChI=1S/C20H16N2O5/c23-19(21-15-8-7-9-16(14-15)22(24)25)20(26-17-10-3-1-4-11-17)27-18-12-5-2-6-13-18/h1-14,20H,(H,21,23). The summed E-state index contributed by atoms with van der Waals surface area (Å²) >= 11 is 0. The highest BCUT2D eigenvalue weighted by Crippen LogP contribution is 2.20. The third-order valence-electron chi connectivity index (χ3n) is 3.51. The lowest BCUT2D eigenvalue weighted by atomic mass is 10.3. The molecule has 0 heterocycles. The highest BCUT2D eigenvalue weighted by Gasteiger charge is 2.23. The van der Waals surface area contributed by atoms with Crippen LogP contribution in [0.25, 0.3) is 0 Å². The van der Waals surface area contributed by atoms with E-state index in [0.29, 0.717) is 11.5 Å². The van der Waals surface area contributed by atoms with Crippen molar-refractivity contribution >= 4 is 17.3 Å². The van der Waals surface area contributed by atoms with Gasteiger partial charge in [0.15, 0.2) is 0 Å². The molecule has 0 aliphatic carbocycles. The molecule has 0 bridgehead atoms. The molecule has 0 fully saturated rings. The summed E-state index contributed by atoms with van der Waals surface area (Å²) in [6, 6.07) is 23.2. The van der Waals surface area contributed by atoms with Crippen LogP contribution in [0.1, 0.15) is 0 Å². The highest BCUT2D eigenvalue weighted by atomic mass is 16.7. The fourth-order valence-corrected chi connectivity index (χ4v) is 2.27. The van der Waals surface area contributed by atoms with Gasteiger partial charge in [-0.1, -0.05) is 42.5 Å². The second-order valence-electron chi connectivity index (χ2n) is 5.49. The van der Waals surface area contributed by atoms with E-state index in [1.165, 1.54) is 18.2 Å². The average Bonchev–Trinajstić information content (AvgIpc) is 2.69. The molecule has 1 N–H and O–H groups in total. The highest BCUT2D eigenvalue weighted by molar-refractivity contribution is 5.94. The Morgan fingerprint density at radius 1 is 0.852 bits per heavy atom. The van der Waals surface area contributed by atoms with Crippen molar-refractivity contribution in [2.75, 3.05) is 5.32 Å². The van der Waals surface area contributed by atoms with Crippen LogP contribution in [0.3, 0.4) is 0 Å². The summed E-state index contributed by atoms with van der Waals surface area (Å²) < 4.78 is 11.3. The molecule has 0 unspecified atom stereocenters. The van der Waals surface area contributed by atoms with Crippen molar-refractivity contribution in [2.45, 2.75) is 6.29 Å². The first-order valence-electron chi connectivity index (χ1n) is 8.10. The Balaban J connectivity index is 1.79. The topological polar surface area (TPSA) is 90.7 Å². The number of ether oxygens (including phenoxy) is 2. The minimum Gasteiger partial charge on any atom is -0.446 e. The summed E-state index contributed by atoms with van der Waals surface area (Å²) in [5, 5.41) is 13.5. The Kier molecular flexibility index (Phi) is 5.64. The SMILES string of the molecule is O=C(Nc1cccc([N+](=O)[O-])c1)C(Oc1ccccc1)Oc1ccccc1. The van der Waals surface area contributed by atoms with E-state index in [1.54, 1.807) is 54.6 Å². The molecule has 3 rings (SSSR count). The maximum absolute atomic E-state index is 12.7. The molecular weight excluding hydrogens is 348 g/mol. The van der Waals surface area contributed by atoms with Gasteiger partial charge in [0.25, 0.3) is 5.69 Å². The number of carbonyl (C=O) groups is 1. The zero-order valence-corrected chi connectivity index (χ0v) is 14.1. The molecule has 7 heteroatoms. The first-order valence-corrected chi connectivity index (χ1v) is 8.10. The van der Waals surface area contributed by atoms with Crippen LogP contribution in [0, 0.1) is 10.1 Å². The van der Waals surface area contributed by atoms with E-state index in [9.17, 15) is 14.9 Å². The lowest BCUT2D eigenvalue weighted by Gasteiger charge is -2.20. The Bertz CT molecular complexity index is 874. The quantitative estimate of drug-likeness (QED) is 0.388. The molecule has 0 radical (unpaired) electrons. The molecule has 0 saturated carbocycles. The molecule has 1 amide bonds. The number of hydrogen-bond acceptors (Lipinski definition) is 5. The van der Waals surface area contributed by atoms with E-state index in [0.717, 1.165) is 0 Å². The summed E-state index contributed by atoms with van der Waals surface area (Å²) in [5.74, 6) is 0.309. The number of amides is 1. The minimum absolute atomic E-state index is 0.127. The van der Waals surface area contributed by atoms with Crippen molar-refractivity contribution in [1.29, 1.82) is 0 Å². The van der Waals surface area contributed by atoms with Crippen molar-refractivity contribution in [3.63, 3.8) is 0 Å². The predicted octanol–water partition coefficient (Wildman–Crippen LogP) is 4.02. The van der Waals surface area contributed by atoms with Crippen molar-refractivity contribution < 1.29 is 19.2 Å². The molecule has 3 aromatic carbocycles. The molecular formula is C20H16N2O5. The van der Waals surface area contributed by atoms with Gasteiger partial charge in [-0.2, -0.15) is 0 Å². The van der Waals surface area contributed by atoms with Gasteiger partial charge in [-0.25, -0.2) is 0 Å². The van der Waals surface area contributed by atoms with Crippen molar-refractivity contribution in [1.82, 2.24) is 0 Å². The van der Waals surface area contributed by atoms with E-state index in [-0.39, 0.29) is 11.4 Å². The van der Waals surface area contributed by atoms with Crippen molar-refractivity contribution in [3.05, 3.63) is 95.0 Å². The number of nitrogens with one attached hydrogen (secondary N) is 1. The van der Waals surface area contributed by atoms with Crippen LogP contribution in [0.15, 0.2) is 84.9 Å². The number of nitro benzene ring substituents is 1. The number of non-ortho nitro benzene ring substituents is 1. The summed E-state index contributed by atoms with van der Waals surface area (Å²) in [6.45, 7) is 0. The van der Waals surface area contributed by atoms with Gasteiger partial charge in [0.2, 0.25) is 0 Å². The molecule has 0 spiro atoms. The third-order valence-corrected chi connectivity index (χ3v) is 3.51. The molecule has 27 heavy (non-hydrogen) atoms. The lowest BCUT2D eigenvalue weighted by Crippen LogP contribution is -2.38. The van der Waals surface area contributed by atoms with Gasteiger partial charge in [0.1, 0.15) is 11.5 Å². The van der Waals surface area contributed by atoms with E-state index < -0.39 is 17.1 Å². The molecule has 3 aromatic rings. The van der Waals surface area contributed by atoms with Gasteiger partial charge < -0.3 is 14.8 Å². The van der Waals surface area contributed by atoms with Gasteiger partial charge in [-0.15, -0.1) is 0 Å². The Morgan fingerprint density at radius 3 is 1.93 bits per heavy atom. The number of anilines is 1. The maximum atomic E-state index is 12.7. The molecule has 7 nitrogen and oxygen atoms in total. The van der Waals surface area contributed by atoms with Crippen LogP contribution in [0.5, 0.6) is 11.5 Å². The summed E-state index contributed by atoms with van der Waals surface area (Å²) in [7, 11) is 0. The van der Waals surface area contributed by atoms with Crippen LogP contribution in [0.4, 0.5) is 11.4 Å². The number of rotatable bonds is 7. The molecule has 0 saturated heterocycles. The van der Waals surface area contributed by atoms with Crippen LogP contribution in [-0.2, 0) is 4.79 Å². The van der Waals surface area contributed by atoms with E-state index in [1.807, 2.05) is 12.1 Å². The van der Waals surface area contributed by atoms with Crippen LogP contribution in [-0.4, -0.2) is 17.1 Å². The number of carbonyl (C=O) groups excluding carboxylic acids is 1. The largest absolute Gasteiger partial charge is 0.446 e. The van der Waals surface area contributed by atoms with Crippen molar-refractivity contribution in [2.24, 2.45) is 0 Å². The first kappa shape index (κ1) is 17.9. The average molecular weight is 364 g/mol. The van der Waals surface area contributed by atoms with Gasteiger partial charge >= 0.3 is 12.2 Å². The fourth-order valence-electron chi connectivity index (χ4n) is 2.27. The molecule has 0 aliphatic rings. The summed E-state index contributed by atoms with van der Waals surface area (Å²) in [5.41, 5.74) is 0.143. The first-order chi connectivity index (χ1) is 13.1. The molecule has 0 atom stereocenters. The van der Waals surface area contributed by atoms with Crippen molar-refractivity contribution in [3.8, 4) is 11.5 Å². The zero-order valence-electron chi connectivity index (χ0n) is 14.1. The van der Waals surface area contributed by atoms with Crippen LogP contribution < -0.4 is 14.8 Å². The third kappa shape index (κ3) is 5.05. The van der Waals surface area contributed by atoms with Gasteiger partial charge in [-0.3, -0.25) is 14.9 Å². The normalized spacial score (nSPS) is 10.3. The second-order valence-corrected chi connectivity index (χ2v) is 5.49. The van der Waals surface area contributed by atoms with E-state index in [2.05, 4.69) is 5.32 Å². The van der Waals surface area contributed by atoms with Crippen LogP contribution >= 0.6 is 0 Å². The number of nitro groups is 1. The number of hydrogen-bond donors (Lipinski definition) is 1. The molecule has 136 valence electrons. The molecule has 0 aromatic heterocycles. The van der Waals surface area contributed by atoms with Crippen LogP contribution in [0.2, 0.25) is 0 Å². The Morgan fingerprint density at radius 2 is 1.41 bits per heavy atom. The predicted molar refractivity (Wildman–Crippen MR) is 99.7 cm³/mol. The smallest absolute Gasteiger partial charge is 0.321 e. The number of para-hydroxylation sites is 2. The second kappa shape index (κ2) is 8.48. The Hall–Kier alpha value is -3.87. The van der Waals surface area contributed by atoms with Gasteiger partial charge in [0, 0.05) is 17.8 Å². The monoisotopic (exact) mass is 364 g/mol. The zero-order chi connectivity index (χ0) is 19.1. The van der Waals surface area contributed by atoms with E-state index >= 15 is 0 Å². The summed E-state index contributed by atoms with van der Waals surface area (Å²) in [6.07, 6.45) is -1.28. The van der Waals surface area contributed by atoms with Gasteiger partial charge in [0.05, 0.1) is 4.92 Å². The fraction of sp³-hybridized carbons (Fsp3) is 0.0500. The number of benzene rings is 3. The maximum Gasteiger partial charge on any atom is 0.321 e. The summed E-state index contributed by atoms with van der Waals surface area (Å²) in [4.78, 5) is 23.0. The Labute approximate surface area is 155 Å².